The van der Waals surface area contributed by atoms with E-state index in [2.05, 4.69) is 6.92 Å². The number of halogens is 1. The second kappa shape index (κ2) is 6.85. The summed E-state index contributed by atoms with van der Waals surface area (Å²) < 4.78 is 20.1. The van der Waals surface area contributed by atoms with Gasteiger partial charge in [0, 0.05) is 19.1 Å². The monoisotopic (exact) mass is 274 g/mol. The molecule has 0 amide bonds. The molecule has 0 bridgehead atoms. The van der Waals surface area contributed by atoms with Crippen LogP contribution in [0.3, 0.4) is 0 Å². The Hall–Kier alpha value is -1.41. The average molecular weight is 274 g/mol. The Balaban J connectivity index is 2.15. The van der Waals surface area contributed by atoms with E-state index in [1.54, 1.807) is 7.11 Å². The van der Waals surface area contributed by atoms with Crippen LogP contribution in [0, 0.1) is 0 Å². The molecule has 1 aromatic carbocycles. The summed E-state index contributed by atoms with van der Waals surface area (Å²) in [6.07, 6.45) is 8.53. The molecule has 108 valence electrons. The second-order valence-electron chi connectivity index (χ2n) is 5.42. The van der Waals surface area contributed by atoms with Gasteiger partial charge in [0.15, 0.2) is 0 Å². The van der Waals surface area contributed by atoms with Gasteiger partial charge in [0.25, 0.3) is 0 Å². The van der Waals surface area contributed by atoms with Crippen LogP contribution in [-0.2, 0) is 4.74 Å². The highest BCUT2D eigenvalue weighted by Gasteiger charge is 2.32. The van der Waals surface area contributed by atoms with E-state index < -0.39 is 5.60 Å². The third-order valence-electron chi connectivity index (χ3n) is 4.00. The number of methoxy groups -OCH3 is 1. The predicted molar refractivity (Wildman–Crippen MR) is 82.1 cm³/mol. The van der Waals surface area contributed by atoms with E-state index in [0.717, 1.165) is 31.2 Å². The smallest absolute Gasteiger partial charge is 0.111 e. The van der Waals surface area contributed by atoms with Gasteiger partial charge >= 0.3 is 0 Å². The highest BCUT2D eigenvalue weighted by atomic mass is 19.1. The zero-order chi connectivity index (χ0) is 14.4. The van der Waals surface area contributed by atoms with Crippen molar-refractivity contribution in [3.05, 3.63) is 53.9 Å². The van der Waals surface area contributed by atoms with E-state index in [9.17, 15) is 4.39 Å². The lowest BCUT2D eigenvalue weighted by atomic mass is 9.84. The number of hydrogen-bond acceptors (Lipinski definition) is 1. The molecule has 0 N–H and O–H groups in total. The standard InChI is InChI=1S/C18H23FO/c1-3-4-8-12-18(20-2)13-11-16(17(19)14-18)15-9-6-5-7-10-15/h5-7,9-11,13H,3-4,8,12,14H2,1-2H3. The molecule has 1 atom stereocenters. The minimum atomic E-state index is -0.461. The highest BCUT2D eigenvalue weighted by molar-refractivity contribution is 5.77. The zero-order valence-electron chi connectivity index (χ0n) is 12.4. The summed E-state index contributed by atoms with van der Waals surface area (Å²) in [4.78, 5) is 0. The molecule has 0 fully saturated rings. The molecule has 1 aliphatic rings. The van der Waals surface area contributed by atoms with Gasteiger partial charge in [0.1, 0.15) is 5.83 Å². The molecule has 0 heterocycles. The van der Waals surface area contributed by atoms with E-state index in [1.165, 1.54) is 0 Å². The largest absolute Gasteiger partial charge is 0.374 e. The SMILES string of the molecule is CCCCCC1(OC)C=CC(c2ccccc2)=C(F)C1. The average Bonchev–Trinajstić information content (AvgIpc) is 2.48. The number of unbranched alkanes of at least 4 members (excludes halogenated alkanes) is 2. The van der Waals surface area contributed by atoms with E-state index in [-0.39, 0.29) is 5.83 Å². The third-order valence-corrected chi connectivity index (χ3v) is 4.00. The number of hydrogen-bond donors (Lipinski definition) is 0. The Morgan fingerprint density at radius 3 is 2.55 bits per heavy atom. The first-order valence-electron chi connectivity index (χ1n) is 7.39. The highest BCUT2D eigenvalue weighted by Crippen LogP contribution is 2.37. The van der Waals surface area contributed by atoms with Crippen molar-refractivity contribution >= 4 is 5.57 Å². The minimum Gasteiger partial charge on any atom is -0.374 e. The molecule has 0 saturated heterocycles. The van der Waals surface area contributed by atoms with Crippen molar-refractivity contribution < 1.29 is 9.13 Å². The van der Waals surface area contributed by atoms with Crippen molar-refractivity contribution in [2.45, 2.75) is 44.6 Å². The normalized spacial score (nSPS) is 22.4. The summed E-state index contributed by atoms with van der Waals surface area (Å²) in [5.41, 5.74) is 1.16. The first-order chi connectivity index (χ1) is 9.71. The van der Waals surface area contributed by atoms with E-state index in [0.29, 0.717) is 12.0 Å². The Kier molecular flexibility index (Phi) is 5.13. The Bertz CT molecular complexity index is 489. The van der Waals surface area contributed by atoms with Gasteiger partial charge in [-0.15, -0.1) is 0 Å². The Morgan fingerprint density at radius 1 is 1.20 bits per heavy atom. The van der Waals surface area contributed by atoms with Gasteiger partial charge in [0.2, 0.25) is 0 Å². The van der Waals surface area contributed by atoms with Gasteiger partial charge in [-0.1, -0.05) is 68.7 Å². The van der Waals surface area contributed by atoms with Crippen LogP contribution in [0.15, 0.2) is 48.3 Å². The van der Waals surface area contributed by atoms with E-state index in [4.69, 9.17) is 4.74 Å². The fraction of sp³-hybridized carbons (Fsp3) is 0.444. The Morgan fingerprint density at radius 2 is 1.95 bits per heavy atom. The third kappa shape index (κ3) is 3.37. The van der Waals surface area contributed by atoms with Crippen LogP contribution < -0.4 is 0 Å². The summed E-state index contributed by atoms with van der Waals surface area (Å²) in [6.45, 7) is 2.17. The molecule has 2 heteroatoms. The molecule has 1 aromatic rings. The predicted octanol–water partition coefficient (Wildman–Crippen LogP) is 5.29. The number of rotatable bonds is 6. The van der Waals surface area contributed by atoms with Crippen LogP contribution in [0.2, 0.25) is 0 Å². The van der Waals surface area contributed by atoms with Crippen molar-refractivity contribution in [1.29, 1.82) is 0 Å². The second-order valence-corrected chi connectivity index (χ2v) is 5.42. The van der Waals surface area contributed by atoms with Crippen molar-refractivity contribution in [3.63, 3.8) is 0 Å². The van der Waals surface area contributed by atoms with Crippen LogP contribution in [-0.4, -0.2) is 12.7 Å². The minimum absolute atomic E-state index is 0.0722. The van der Waals surface area contributed by atoms with Crippen LogP contribution in [0.1, 0.15) is 44.6 Å². The van der Waals surface area contributed by atoms with Crippen molar-refractivity contribution in [3.8, 4) is 0 Å². The summed E-state index contributed by atoms with van der Waals surface area (Å²) in [7, 11) is 1.68. The maximum absolute atomic E-state index is 14.5. The number of ether oxygens (including phenoxy) is 1. The summed E-state index contributed by atoms with van der Waals surface area (Å²) >= 11 is 0. The lowest BCUT2D eigenvalue weighted by Gasteiger charge is -2.32. The van der Waals surface area contributed by atoms with Gasteiger partial charge < -0.3 is 4.74 Å². The number of benzene rings is 1. The van der Waals surface area contributed by atoms with Gasteiger partial charge in [-0.25, -0.2) is 4.39 Å². The topological polar surface area (TPSA) is 9.23 Å². The van der Waals surface area contributed by atoms with Crippen LogP contribution >= 0.6 is 0 Å². The molecule has 20 heavy (non-hydrogen) atoms. The maximum atomic E-state index is 14.5. The van der Waals surface area contributed by atoms with Crippen LogP contribution in [0.5, 0.6) is 0 Å². The molecule has 0 spiro atoms. The molecule has 0 aromatic heterocycles. The van der Waals surface area contributed by atoms with Gasteiger partial charge in [0.05, 0.1) is 5.60 Å². The summed E-state index contributed by atoms with van der Waals surface area (Å²) in [5, 5.41) is 0. The fourth-order valence-electron chi connectivity index (χ4n) is 2.70. The molecule has 1 nitrogen and oxygen atoms in total. The van der Waals surface area contributed by atoms with Crippen molar-refractivity contribution in [1.82, 2.24) is 0 Å². The quantitative estimate of drug-likeness (QED) is 0.640. The first-order valence-corrected chi connectivity index (χ1v) is 7.39. The molecule has 1 unspecified atom stereocenters. The van der Waals surface area contributed by atoms with Gasteiger partial charge in [-0.05, 0) is 12.0 Å². The van der Waals surface area contributed by atoms with Crippen molar-refractivity contribution in [2.75, 3.05) is 7.11 Å². The van der Waals surface area contributed by atoms with E-state index in [1.807, 2.05) is 42.5 Å². The summed E-state index contributed by atoms with van der Waals surface area (Å²) in [5.74, 6) is -0.0722. The molecule has 0 radical (unpaired) electrons. The lowest BCUT2D eigenvalue weighted by molar-refractivity contribution is 0.0183. The van der Waals surface area contributed by atoms with Crippen molar-refractivity contribution in [2.24, 2.45) is 0 Å². The summed E-state index contributed by atoms with van der Waals surface area (Å²) in [6, 6.07) is 9.69. The number of allylic oxidation sites excluding steroid dienone is 2. The fourth-order valence-corrected chi connectivity index (χ4v) is 2.70. The van der Waals surface area contributed by atoms with E-state index >= 15 is 0 Å². The van der Waals surface area contributed by atoms with Crippen LogP contribution in [0.4, 0.5) is 4.39 Å². The molecule has 0 aliphatic heterocycles. The molecule has 2 rings (SSSR count). The first kappa shape index (κ1) is 15.0. The molecule has 1 aliphatic carbocycles. The lowest BCUT2D eigenvalue weighted by Crippen LogP contribution is -2.31. The maximum Gasteiger partial charge on any atom is 0.111 e. The molecular formula is C18H23FO. The molecule has 0 saturated carbocycles. The van der Waals surface area contributed by atoms with Gasteiger partial charge in [-0.2, -0.15) is 0 Å². The Labute approximate surface area is 121 Å². The van der Waals surface area contributed by atoms with Crippen LogP contribution in [0.25, 0.3) is 5.57 Å². The zero-order valence-corrected chi connectivity index (χ0v) is 12.4. The van der Waals surface area contributed by atoms with Gasteiger partial charge in [-0.3, -0.25) is 0 Å². The molecular weight excluding hydrogens is 251 g/mol.